The molecule has 2 rings (SSSR count). The first kappa shape index (κ1) is 18.7. The zero-order valence-electron chi connectivity index (χ0n) is 14.0. The van der Waals surface area contributed by atoms with Crippen LogP contribution in [0.1, 0.15) is 26.2 Å². The highest BCUT2D eigenvalue weighted by Gasteiger charge is 2.30. The predicted octanol–water partition coefficient (Wildman–Crippen LogP) is 1.86. The number of hydrogen-bond donors (Lipinski definition) is 0. The zero-order chi connectivity index (χ0) is 17.7. The molecule has 1 fully saturated rings. The third-order valence-electron chi connectivity index (χ3n) is 4.10. The van der Waals surface area contributed by atoms with E-state index in [0.29, 0.717) is 19.5 Å². The highest BCUT2D eigenvalue weighted by atomic mass is 32.2. The molecule has 0 spiro atoms. The van der Waals surface area contributed by atoms with Crippen LogP contribution in [0.3, 0.4) is 0 Å². The number of nitrogens with zero attached hydrogens (tertiary/aromatic N) is 2. The molecule has 0 saturated carbocycles. The van der Waals surface area contributed by atoms with Gasteiger partial charge in [-0.2, -0.15) is 4.31 Å². The van der Waals surface area contributed by atoms with E-state index in [9.17, 15) is 17.6 Å². The largest absolute Gasteiger partial charge is 0.494 e. The highest BCUT2D eigenvalue weighted by Crippen LogP contribution is 2.24. The molecule has 0 aromatic heterocycles. The van der Waals surface area contributed by atoms with Crippen molar-refractivity contribution in [1.29, 1.82) is 0 Å². The first-order valence-corrected chi connectivity index (χ1v) is 9.45. The Balaban J connectivity index is 2.04. The summed E-state index contributed by atoms with van der Waals surface area (Å²) in [7, 11) is -2.45. The van der Waals surface area contributed by atoms with Crippen molar-refractivity contribution in [2.75, 3.05) is 33.3 Å². The van der Waals surface area contributed by atoms with Crippen molar-refractivity contribution < 1.29 is 22.3 Å². The van der Waals surface area contributed by atoms with Gasteiger partial charge in [0.05, 0.1) is 12.0 Å². The van der Waals surface area contributed by atoms with Gasteiger partial charge in [0, 0.05) is 32.6 Å². The standard InChI is InChI=1S/C16H23FN2O4S/c1-3-4-5-16(20)18-8-10-19(11-9-18)24(21,22)13-6-7-15(23-2)14(17)12-13/h6-7,12H,3-5,8-11H2,1-2H3. The molecule has 1 aromatic carbocycles. The number of ether oxygens (including phenoxy) is 1. The van der Waals surface area contributed by atoms with E-state index in [0.717, 1.165) is 18.9 Å². The molecule has 1 aliphatic rings. The Bertz CT molecular complexity index is 685. The summed E-state index contributed by atoms with van der Waals surface area (Å²) in [5.74, 6) is -0.656. The fourth-order valence-corrected chi connectivity index (χ4v) is 4.06. The molecule has 134 valence electrons. The second kappa shape index (κ2) is 7.94. The second-order valence-corrected chi connectivity index (χ2v) is 7.62. The Morgan fingerprint density at radius 2 is 1.92 bits per heavy atom. The van der Waals surface area contributed by atoms with Crippen molar-refractivity contribution in [1.82, 2.24) is 9.21 Å². The van der Waals surface area contributed by atoms with Crippen molar-refractivity contribution in [3.8, 4) is 5.75 Å². The number of methoxy groups -OCH3 is 1. The van der Waals surface area contributed by atoms with Gasteiger partial charge in [0.15, 0.2) is 11.6 Å². The molecule has 6 nitrogen and oxygen atoms in total. The fraction of sp³-hybridized carbons (Fsp3) is 0.562. The number of piperazine rings is 1. The summed E-state index contributed by atoms with van der Waals surface area (Å²) >= 11 is 0. The van der Waals surface area contributed by atoms with Gasteiger partial charge in [0.25, 0.3) is 0 Å². The van der Waals surface area contributed by atoms with Crippen LogP contribution in [-0.4, -0.2) is 56.8 Å². The zero-order valence-corrected chi connectivity index (χ0v) is 14.8. The van der Waals surface area contributed by atoms with Gasteiger partial charge in [0.1, 0.15) is 0 Å². The van der Waals surface area contributed by atoms with Gasteiger partial charge >= 0.3 is 0 Å². The van der Waals surface area contributed by atoms with Crippen molar-refractivity contribution in [2.45, 2.75) is 31.1 Å². The van der Waals surface area contributed by atoms with Gasteiger partial charge < -0.3 is 9.64 Å². The van der Waals surface area contributed by atoms with E-state index in [4.69, 9.17) is 4.74 Å². The van der Waals surface area contributed by atoms with Gasteiger partial charge in [0.2, 0.25) is 15.9 Å². The summed E-state index contributed by atoms with van der Waals surface area (Å²) in [5, 5.41) is 0. The minimum atomic E-state index is -3.78. The van der Waals surface area contributed by atoms with E-state index < -0.39 is 15.8 Å². The first-order chi connectivity index (χ1) is 11.4. The summed E-state index contributed by atoms with van der Waals surface area (Å²) in [6.07, 6.45) is 2.28. The number of hydrogen-bond acceptors (Lipinski definition) is 4. The van der Waals surface area contributed by atoms with Gasteiger partial charge in [-0.25, -0.2) is 12.8 Å². The number of unbranched alkanes of at least 4 members (excludes halogenated alkanes) is 1. The van der Waals surface area contributed by atoms with Crippen LogP contribution in [-0.2, 0) is 14.8 Å². The molecule has 1 heterocycles. The Morgan fingerprint density at radius 1 is 1.25 bits per heavy atom. The lowest BCUT2D eigenvalue weighted by Crippen LogP contribution is -2.50. The van der Waals surface area contributed by atoms with Crippen LogP contribution >= 0.6 is 0 Å². The van der Waals surface area contributed by atoms with Crippen LogP contribution < -0.4 is 4.74 Å². The highest BCUT2D eigenvalue weighted by molar-refractivity contribution is 7.89. The molecule has 1 aliphatic heterocycles. The molecule has 1 saturated heterocycles. The maximum Gasteiger partial charge on any atom is 0.243 e. The monoisotopic (exact) mass is 358 g/mol. The average molecular weight is 358 g/mol. The van der Waals surface area contributed by atoms with Crippen molar-refractivity contribution >= 4 is 15.9 Å². The second-order valence-electron chi connectivity index (χ2n) is 5.68. The van der Waals surface area contributed by atoms with Crippen LogP contribution in [0.25, 0.3) is 0 Å². The maximum absolute atomic E-state index is 13.8. The molecule has 0 radical (unpaired) electrons. The summed E-state index contributed by atoms with van der Waals surface area (Å²) in [5.41, 5.74) is 0. The third kappa shape index (κ3) is 4.05. The summed E-state index contributed by atoms with van der Waals surface area (Å²) in [6.45, 7) is 3.17. The third-order valence-corrected chi connectivity index (χ3v) is 5.99. The molecular formula is C16H23FN2O4S. The van der Waals surface area contributed by atoms with E-state index in [1.54, 1.807) is 4.90 Å². The fourth-order valence-electron chi connectivity index (χ4n) is 2.62. The Morgan fingerprint density at radius 3 is 2.46 bits per heavy atom. The van der Waals surface area contributed by atoms with Crippen LogP contribution in [0.5, 0.6) is 5.75 Å². The lowest BCUT2D eigenvalue weighted by atomic mass is 10.2. The van der Waals surface area contributed by atoms with Crippen molar-refractivity contribution in [3.05, 3.63) is 24.0 Å². The Labute approximate surface area is 142 Å². The lowest BCUT2D eigenvalue weighted by Gasteiger charge is -2.34. The minimum absolute atomic E-state index is 0.000269. The van der Waals surface area contributed by atoms with Crippen LogP contribution in [0.4, 0.5) is 4.39 Å². The van der Waals surface area contributed by atoms with Gasteiger partial charge in [-0.05, 0) is 24.6 Å². The SMILES string of the molecule is CCCCC(=O)N1CCN(S(=O)(=O)c2ccc(OC)c(F)c2)CC1. The number of carbonyl (C=O) groups excluding carboxylic acids is 1. The number of rotatable bonds is 6. The van der Waals surface area contributed by atoms with Crippen LogP contribution in [0.15, 0.2) is 23.1 Å². The molecule has 0 atom stereocenters. The molecule has 1 amide bonds. The first-order valence-electron chi connectivity index (χ1n) is 8.01. The topological polar surface area (TPSA) is 66.9 Å². The molecule has 0 bridgehead atoms. The number of halogens is 1. The van der Waals surface area contributed by atoms with E-state index in [1.807, 2.05) is 6.92 Å². The van der Waals surface area contributed by atoms with Crippen molar-refractivity contribution in [2.24, 2.45) is 0 Å². The molecule has 0 unspecified atom stereocenters. The van der Waals surface area contributed by atoms with Gasteiger partial charge in [-0.15, -0.1) is 0 Å². The van der Waals surface area contributed by atoms with Crippen LogP contribution in [0.2, 0.25) is 0 Å². The number of carbonyl (C=O) groups is 1. The van der Waals surface area contributed by atoms with E-state index >= 15 is 0 Å². The number of amides is 1. The van der Waals surface area contributed by atoms with E-state index in [2.05, 4.69) is 0 Å². The molecule has 8 heteroatoms. The minimum Gasteiger partial charge on any atom is -0.494 e. The average Bonchev–Trinajstić information content (AvgIpc) is 2.59. The number of benzene rings is 1. The van der Waals surface area contributed by atoms with Gasteiger partial charge in [-0.1, -0.05) is 13.3 Å². The summed E-state index contributed by atoms with van der Waals surface area (Å²) in [4.78, 5) is 13.6. The normalized spacial score (nSPS) is 16.2. The predicted molar refractivity (Wildman–Crippen MR) is 87.8 cm³/mol. The summed E-state index contributed by atoms with van der Waals surface area (Å²) < 4.78 is 45.1. The maximum atomic E-state index is 13.8. The molecule has 24 heavy (non-hydrogen) atoms. The summed E-state index contributed by atoms with van der Waals surface area (Å²) in [6, 6.07) is 3.59. The molecule has 0 aliphatic carbocycles. The molecule has 0 N–H and O–H groups in total. The Kier molecular flexibility index (Phi) is 6.17. The van der Waals surface area contributed by atoms with Gasteiger partial charge in [-0.3, -0.25) is 4.79 Å². The quantitative estimate of drug-likeness (QED) is 0.778. The molecule has 1 aromatic rings. The van der Waals surface area contributed by atoms with Crippen LogP contribution in [0, 0.1) is 5.82 Å². The Hall–Kier alpha value is -1.67. The number of sulfonamides is 1. The van der Waals surface area contributed by atoms with Crippen molar-refractivity contribution in [3.63, 3.8) is 0 Å². The van der Waals surface area contributed by atoms with E-state index in [-0.39, 0.29) is 29.6 Å². The van der Waals surface area contributed by atoms with E-state index in [1.165, 1.54) is 23.5 Å². The lowest BCUT2D eigenvalue weighted by molar-refractivity contribution is -0.132. The smallest absolute Gasteiger partial charge is 0.243 e. The molecular weight excluding hydrogens is 335 g/mol.